The number of pyridine rings is 3. The van der Waals surface area contributed by atoms with E-state index in [1.54, 1.807) is 6.20 Å². The van der Waals surface area contributed by atoms with Gasteiger partial charge in [0.15, 0.2) is 5.11 Å². The van der Waals surface area contributed by atoms with E-state index in [-0.39, 0.29) is 12.1 Å². The lowest BCUT2D eigenvalue weighted by Gasteiger charge is -2.29. The number of rotatable bonds is 6. The van der Waals surface area contributed by atoms with Crippen molar-refractivity contribution in [3.8, 4) is 0 Å². The van der Waals surface area contributed by atoms with Crippen LogP contribution >= 0.6 is 12.2 Å². The van der Waals surface area contributed by atoms with Gasteiger partial charge in [0.05, 0.1) is 17.8 Å². The zero-order chi connectivity index (χ0) is 21.0. The summed E-state index contributed by atoms with van der Waals surface area (Å²) in [5.74, 6) is 0. The molecule has 31 heavy (non-hydrogen) atoms. The van der Waals surface area contributed by atoms with Crippen LogP contribution in [0.4, 0.5) is 0 Å². The predicted molar refractivity (Wildman–Crippen MR) is 123 cm³/mol. The van der Waals surface area contributed by atoms with Crippen LogP contribution in [-0.2, 0) is 13.1 Å². The summed E-state index contributed by atoms with van der Waals surface area (Å²) < 4.78 is 2.27. The molecule has 1 aliphatic rings. The molecule has 5 heterocycles. The topological polar surface area (TPSA) is 58.9 Å². The van der Waals surface area contributed by atoms with Crippen molar-refractivity contribution in [3.05, 3.63) is 114 Å². The van der Waals surface area contributed by atoms with Gasteiger partial charge in [-0.15, -0.1) is 0 Å². The van der Waals surface area contributed by atoms with Crippen LogP contribution in [0, 0.1) is 0 Å². The van der Waals surface area contributed by atoms with Gasteiger partial charge in [0.2, 0.25) is 0 Å². The fourth-order valence-electron chi connectivity index (χ4n) is 4.11. The molecule has 7 heteroatoms. The van der Waals surface area contributed by atoms with Crippen molar-refractivity contribution >= 4 is 17.3 Å². The zero-order valence-corrected chi connectivity index (χ0v) is 17.7. The third-order valence-corrected chi connectivity index (χ3v) is 5.90. The first kappa shape index (κ1) is 19.4. The van der Waals surface area contributed by atoms with Crippen LogP contribution < -0.4 is 5.32 Å². The molecule has 154 valence electrons. The largest absolute Gasteiger partial charge is 0.352 e. The summed E-state index contributed by atoms with van der Waals surface area (Å²) in [7, 11) is 0. The number of thiocarbonyl (C=S) groups is 1. The number of nitrogens with zero attached hydrogens (tertiary/aromatic N) is 5. The second kappa shape index (κ2) is 8.65. The lowest BCUT2D eigenvalue weighted by molar-refractivity contribution is 0.298. The quantitative estimate of drug-likeness (QED) is 0.472. The molecule has 5 rings (SSSR count). The molecule has 0 aliphatic carbocycles. The van der Waals surface area contributed by atoms with E-state index in [0.29, 0.717) is 6.54 Å². The molecule has 0 spiro atoms. The van der Waals surface area contributed by atoms with Gasteiger partial charge in [-0.05, 0) is 65.8 Å². The van der Waals surface area contributed by atoms with Gasteiger partial charge in [-0.25, -0.2) is 0 Å². The predicted octanol–water partition coefficient (Wildman–Crippen LogP) is 3.89. The van der Waals surface area contributed by atoms with E-state index in [0.717, 1.165) is 28.5 Å². The first-order valence-corrected chi connectivity index (χ1v) is 10.6. The third-order valence-electron chi connectivity index (χ3n) is 5.54. The number of hydrogen-bond acceptors (Lipinski definition) is 4. The van der Waals surface area contributed by atoms with E-state index in [2.05, 4.69) is 60.2 Å². The lowest BCUT2D eigenvalue weighted by Crippen LogP contribution is -2.30. The molecular formula is C24H22N6S. The summed E-state index contributed by atoms with van der Waals surface area (Å²) in [6.07, 6.45) is 11.3. The third kappa shape index (κ3) is 4.04. The van der Waals surface area contributed by atoms with Gasteiger partial charge in [0.1, 0.15) is 0 Å². The monoisotopic (exact) mass is 426 g/mol. The van der Waals surface area contributed by atoms with E-state index in [1.807, 2.05) is 55.1 Å². The standard InChI is InChI=1S/C24H22N6S/c31-24-28-22(20-6-1-2-11-27-20)23(30(24)17-18-8-12-25-13-9-18)21-7-4-14-29(21)16-19-5-3-10-26-15-19/h1-15,22-23H,16-17H2,(H,28,31)/t22-,23-/m0/s1. The van der Waals surface area contributed by atoms with E-state index < -0.39 is 0 Å². The summed E-state index contributed by atoms with van der Waals surface area (Å²) >= 11 is 5.79. The second-order valence-electron chi connectivity index (χ2n) is 7.53. The van der Waals surface area contributed by atoms with Crippen molar-refractivity contribution in [3.63, 3.8) is 0 Å². The normalized spacial score (nSPS) is 18.2. The van der Waals surface area contributed by atoms with Gasteiger partial charge in [-0.3, -0.25) is 15.0 Å². The van der Waals surface area contributed by atoms with Crippen molar-refractivity contribution in [1.82, 2.24) is 29.7 Å². The van der Waals surface area contributed by atoms with E-state index in [4.69, 9.17) is 12.2 Å². The maximum atomic E-state index is 5.79. The number of aromatic nitrogens is 4. The Morgan fingerprint density at radius 1 is 0.839 bits per heavy atom. The van der Waals surface area contributed by atoms with Crippen LogP contribution in [0.1, 0.15) is 34.6 Å². The summed E-state index contributed by atoms with van der Waals surface area (Å²) in [6.45, 7) is 1.44. The highest BCUT2D eigenvalue weighted by Crippen LogP contribution is 2.39. The zero-order valence-electron chi connectivity index (χ0n) is 16.9. The molecule has 1 aliphatic heterocycles. The van der Waals surface area contributed by atoms with Gasteiger partial charge in [0.25, 0.3) is 0 Å². The van der Waals surface area contributed by atoms with E-state index >= 15 is 0 Å². The Morgan fingerprint density at radius 2 is 1.74 bits per heavy atom. The minimum absolute atomic E-state index is 0.00207. The highest BCUT2D eigenvalue weighted by molar-refractivity contribution is 7.80. The summed E-state index contributed by atoms with van der Waals surface area (Å²) in [5, 5.41) is 4.25. The van der Waals surface area contributed by atoms with E-state index in [9.17, 15) is 0 Å². The van der Waals surface area contributed by atoms with Crippen molar-refractivity contribution < 1.29 is 0 Å². The maximum absolute atomic E-state index is 5.79. The Morgan fingerprint density at radius 3 is 2.52 bits per heavy atom. The highest BCUT2D eigenvalue weighted by atomic mass is 32.1. The molecule has 4 aromatic heterocycles. The van der Waals surface area contributed by atoms with Gasteiger partial charge >= 0.3 is 0 Å². The number of nitrogens with one attached hydrogen (secondary N) is 1. The first-order chi connectivity index (χ1) is 15.3. The Balaban J connectivity index is 1.54. The fraction of sp³-hybridized carbons (Fsp3) is 0.167. The average Bonchev–Trinajstić information content (AvgIpc) is 3.40. The molecule has 1 fully saturated rings. The van der Waals surface area contributed by atoms with Crippen LogP contribution in [-0.4, -0.2) is 29.5 Å². The Labute approximate surface area is 186 Å². The number of hydrogen-bond donors (Lipinski definition) is 1. The van der Waals surface area contributed by atoms with Crippen molar-refractivity contribution in [2.24, 2.45) is 0 Å². The molecule has 4 aromatic rings. The van der Waals surface area contributed by atoms with Crippen molar-refractivity contribution in [2.75, 3.05) is 0 Å². The summed E-state index contributed by atoms with van der Waals surface area (Å²) in [6, 6.07) is 18.4. The van der Waals surface area contributed by atoms with Crippen LogP contribution in [0.3, 0.4) is 0 Å². The molecule has 0 unspecified atom stereocenters. The average molecular weight is 427 g/mol. The van der Waals surface area contributed by atoms with Crippen molar-refractivity contribution in [1.29, 1.82) is 0 Å². The molecule has 0 amide bonds. The maximum Gasteiger partial charge on any atom is 0.170 e. The first-order valence-electron chi connectivity index (χ1n) is 10.2. The Kier molecular flexibility index (Phi) is 5.41. The lowest BCUT2D eigenvalue weighted by atomic mass is 10.0. The summed E-state index contributed by atoms with van der Waals surface area (Å²) in [5.41, 5.74) is 4.47. The Bertz CT molecular complexity index is 1150. The molecule has 0 saturated carbocycles. The molecule has 1 saturated heterocycles. The van der Waals surface area contributed by atoms with Crippen molar-refractivity contribution in [2.45, 2.75) is 25.2 Å². The van der Waals surface area contributed by atoms with Gasteiger partial charge in [0, 0.05) is 56.0 Å². The highest BCUT2D eigenvalue weighted by Gasteiger charge is 2.41. The van der Waals surface area contributed by atoms with Gasteiger partial charge < -0.3 is 14.8 Å². The van der Waals surface area contributed by atoms with Crippen LogP contribution in [0.5, 0.6) is 0 Å². The SMILES string of the molecule is S=C1N[C@@H](c2ccccn2)[C@H](c2cccn2Cc2cccnc2)N1Cc1ccncc1. The molecule has 0 aromatic carbocycles. The fourth-order valence-corrected chi connectivity index (χ4v) is 4.42. The van der Waals surface area contributed by atoms with Crippen LogP contribution in [0.25, 0.3) is 0 Å². The minimum atomic E-state index is -0.0434. The minimum Gasteiger partial charge on any atom is -0.352 e. The van der Waals surface area contributed by atoms with Gasteiger partial charge in [-0.2, -0.15) is 0 Å². The van der Waals surface area contributed by atoms with Crippen LogP contribution in [0.15, 0.2) is 91.8 Å². The molecule has 2 atom stereocenters. The van der Waals surface area contributed by atoms with E-state index in [1.165, 1.54) is 5.69 Å². The smallest absolute Gasteiger partial charge is 0.170 e. The Hall–Kier alpha value is -3.58. The molecule has 1 N–H and O–H groups in total. The molecular weight excluding hydrogens is 404 g/mol. The van der Waals surface area contributed by atoms with Gasteiger partial charge in [-0.1, -0.05) is 12.1 Å². The molecule has 0 radical (unpaired) electrons. The summed E-state index contributed by atoms with van der Waals surface area (Å²) in [4.78, 5) is 15.3. The molecule has 0 bridgehead atoms. The molecule has 6 nitrogen and oxygen atoms in total. The van der Waals surface area contributed by atoms with Crippen LogP contribution in [0.2, 0.25) is 0 Å². The second-order valence-corrected chi connectivity index (χ2v) is 7.92.